The zero-order valence-electron chi connectivity index (χ0n) is 27.4. The van der Waals surface area contributed by atoms with Gasteiger partial charge in [-0.2, -0.15) is 0 Å². The molecule has 1 N–H and O–H groups in total. The van der Waals surface area contributed by atoms with Crippen LogP contribution in [-0.2, 0) is 37.8 Å². The van der Waals surface area contributed by atoms with E-state index < -0.39 is 23.7 Å². The van der Waals surface area contributed by atoms with Crippen LogP contribution in [0.2, 0.25) is 0 Å². The fourth-order valence-electron chi connectivity index (χ4n) is 6.90. The molecule has 0 saturated carbocycles. The summed E-state index contributed by atoms with van der Waals surface area (Å²) in [5, 5.41) is 5.72. The minimum absolute atomic E-state index is 0.0829. The molecule has 0 saturated heterocycles. The Bertz CT molecular complexity index is 2010. The first-order chi connectivity index (χ1) is 24.1. The van der Waals surface area contributed by atoms with Crippen LogP contribution in [0, 0.1) is 0 Å². The second kappa shape index (κ2) is 14.3. The predicted octanol–water partition coefficient (Wildman–Crippen LogP) is 8.11. The minimum Gasteiger partial charge on any atom is -0.465 e. The van der Waals surface area contributed by atoms with Gasteiger partial charge < -0.3 is 14.4 Å². The number of ether oxygens (including phenoxy) is 2. The van der Waals surface area contributed by atoms with Crippen molar-refractivity contribution >= 4 is 28.3 Å². The van der Waals surface area contributed by atoms with Gasteiger partial charge in [-0.15, -0.1) is 0 Å². The van der Waals surface area contributed by atoms with Crippen LogP contribution >= 0.6 is 0 Å². The number of nitrogens with one attached hydrogen (secondary N) is 1. The van der Waals surface area contributed by atoms with Gasteiger partial charge in [-0.1, -0.05) is 152 Å². The van der Waals surface area contributed by atoms with Gasteiger partial charge in [0.05, 0.1) is 31.5 Å². The standard InChI is InChI=1S/C43H38N2O4/c1-2-48-41(46)40(44-39(33-20-8-4-9-21-33)34-22-10-5-11-23-34)43(49-30-35-25-16-24-32-19-12-13-26-36(32)35)37-27-14-15-28-38(37)45(42(43)47)29-31-17-6-3-7-18-31/h3-28,39-40,44H,2,29-30H2,1H3. The van der Waals surface area contributed by atoms with Crippen LogP contribution < -0.4 is 10.2 Å². The molecule has 1 amide bonds. The van der Waals surface area contributed by atoms with E-state index in [9.17, 15) is 4.79 Å². The lowest BCUT2D eigenvalue weighted by Crippen LogP contribution is -2.60. The first kappa shape index (κ1) is 32.0. The predicted molar refractivity (Wildman–Crippen MR) is 193 cm³/mol. The molecule has 0 aliphatic carbocycles. The van der Waals surface area contributed by atoms with Crippen LogP contribution in [0.5, 0.6) is 0 Å². The van der Waals surface area contributed by atoms with Gasteiger partial charge in [-0.25, -0.2) is 0 Å². The van der Waals surface area contributed by atoms with Crippen molar-refractivity contribution in [1.82, 2.24) is 5.32 Å². The molecule has 6 nitrogen and oxygen atoms in total. The molecular weight excluding hydrogens is 608 g/mol. The number of rotatable bonds is 12. The Morgan fingerprint density at radius 2 is 1.31 bits per heavy atom. The fourth-order valence-corrected chi connectivity index (χ4v) is 6.90. The summed E-state index contributed by atoms with van der Waals surface area (Å²) in [5.74, 6) is -0.898. The lowest BCUT2D eigenvalue weighted by Gasteiger charge is -2.38. The zero-order chi connectivity index (χ0) is 33.6. The molecule has 0 bridgehead atoms. The second-order valence-electron chi connectivity index (χ2n) is 12.2. The molecule has 0 aromatic heterocycles. The number of amides is 1. The third-order valence-corrected chi connectivity index (χ3v) is 9.20. The molecule has 6 aromatic carbocycles. The smallest absolute Gasteiger partial charge is 0.327 e. The van der Waals surface area contributed by atoms with Crippen LogP contribution in [-0.4, -0.2) is 24.5 Å². The van der Waals surface area contributed by atoms with Crippen molar-refractivity contribution in [3.05, 3.63) is 186 Å². The molecule has 0 spiro atoms. The normalized spacial score (nSPS) is 16.1. The number of esters is 1. The topological polar surface area (TPSA) is 67.9 Å². The van der Waals surface area contributed by atoms with Crippen LogP contribution in [0.25, 0.3) is 10.8 Å². The number of para-hydroxylation sites is 1. The maximum atomic E-state index is 15.3. The Kier molecular flexibility index (Phi) is 9.33. The maximum Gasteiger partial charge on any atom is 0.327 e. The summed E-state index contributed by atoms with van der Waals surface area (Å²) < 4.78 is 12.8. The van der Waals surface area contributed by atoms with Crippen molar-refractivity contribution in [1.29, 1.82) is 0 Å². The van der Waals surface area contributed by atoms with Crippen molar-refractivity contribution in [2.75, 3.05) is 11.5 Å². The molecule has 1 aliphatic rings. The van der Waals surface area contributed by atoms with Crippen LogP contribution in [0.3, 0.4) is 0 Å². The van der Waals surface area contributed by atoms with Gasteiger partial charge in [0.2, 0.25) is 0 Å². The number of hydrogen-bond acceptors (Lipinski definition) is 5. The van der Waals surface area contributed by atoms with E-state index in [4.69, 9.17) is 9.47 Å². The summed E-state index contributed by atoms with van der Waals surface area (Å²) in [6, 6.07) is 49.8. The summed E-state index contributed by atoms with van der Waals surface area (Å²) in [6.07, 6.45) is 0. The number of nitrogens with zero attached hydrogens (tertiary/aromatic N) is 1. The molecule has 7 rings (SSSR count). The monoisotopic (exact) mass is 646 g/mol. The average molecular weight is 647 g/mol. The van der Waals surface area contributed by atoms with E-state index in [0.717, 1.165) is 33.0 Å². The molecule has 6 aromatic rings. The van der Waals surface area contributed by atoms with Crippen LogP contribution in [0.4, 0.5) is 5.69 Å². The number of benzene rings is 6. The third-order valence-electron chi connectivity index (χ3n) is 9.20. The highest BCUT2D eigenvalue weighted by Crippen LogP contribution is 2.47. The molecule has 49 heavy (non-hydrogen) atoms. The summed E-state index contributed by atoms with van der Waals surface area (Å²) in [7, 11) is 0. The quantitative estimate of drug-likeness (QED) is 0.136. The Hall–Kier alpha value is -5.56. The average Bonchev–Trinajstić information content (AvgIpc) is 3.39. The van der Waals surface area contributed by atoms with Gasteiger partial charge in [-0.05, 0) is 46.0 Å². The Morgan fingerprint density at radius 3 is 2.00 bits per heavy atom. The van der Waals surface area contributed by atoms with E-state index in [2.05, 4.69) is 23.5 Å². The number of carbonyl (C=O) groups is 2. The molecule has 6 heteroatoms. The van der Waals surface area contributed by atoms with Gasteiger partial charge in [0.1, 0.15) is 6.04 Å². The lowest BCUT2D eigenvalue weighted by molar-refractivity contribution is -0.169. The van der Waals surface area contributed by atoms with Crippen LogP contribution in [0.15, 0.2) is 158 Å². The third kappa shape index (κ3) is 6.24. The second-order valence-corrected chi connectivity index (χ2v) is 12.2. The van der Waals surface area contributed by atoms with Crippen molar-refractivity contribution in [2.45, 2.75) is 37.8 Å². The van der Waals surface area contributed by atoms with E-state index in [1.54, 1.807) is 11.8 Å². The van der Waals surface area contributed by atoms with Crippen molar-refractivity contribution in [3.8, 4) is 0 Å². The largest absolute Gasteiger partial charge is 0.465 e. The van der Waals surface area contributed by atoms with E-state index in [1.807, 2.05) is 140 Å². The van der Waals surface area contributed by atoms with Crippen molar-refractivity contribution < 1.29 is 19.1 Å². The highest BCUT2D eigenvalue weighted by Gasteiger charge is 2.60. The molecule has 0 radical (unpaired) electrons. The first-order valence-electron chi connectivity index (χ1n) is 16.7. The van der Waals surface area contributed by atoms with Gasteiger partial charge >= 0.3 is 5.97 Å². The zero-order valence-corrected chi connectivity index (χ0v) is 27.4. The van der Waals surface area contributed by atoms with Crippen molar-refractivity contribution in [2.24, 2.45) is 0 Å². The Labute approximate surface area is 286 Å². The van der Waals surface area contributed by atoms with E-state index in [1.165, 1.54) is 0 Å². The lowest BCUT2D eigenvalue weighted by atomic mass is 9.85. The molecule has 1 aliphatic heterocycles. The summed E-state index contributed by atoms with van der Waals surface area (Å²) in [4.78, 5) is 31.5. The molecule has 0 fully saturated rings. The SMILES string of the molecule is CCOC(=O)C(NC(c1ccccc1)c1ccccc1)C1(OCc2cccc3ccccc23)C(=O)N(Cc2ccccc2)c2ccccc21. The number of carbonyl (C=O) groups excluding carboxylic acids is 2. The molecule has 2 unspecified atom stereocenters. The number of anilines is 1. The maximum absolute atomic E-state index is 15.3. The molecular formula is C43H38N2O4. The molecule has 2 atom stereocenters. The van der Waals surface area contributed by atoms with E-state index in [-0.39, 0.29) is 19.1 Å². The highest BCUT2D eigenvalue weighted by molar-refractivity contribution is 6.10. The van der Waals surface area contributed by atoms with Gasteiger partial charge in [-0.3, -0.25) is 14.9 Å². The van der Waals surface area contributed by atoms with Gasteiger partial charge in [0.25, 0.3) is 5.91 Å². The first-order valence-corrected chi connectivity index (χ1v) is 16.7. The summed E-state index contributed by atoms with van der Waals surface area (Å²) >= 11 is 0. The Morgan fingerprint density at radius 1 is 0.714 bits per heavy atom. The highest BCUT2D eigenvalue weighted by atomic mass is 16.5. The number of fused-ring (bicyclic) bond motifs is 2. The minimum atomic E-state index is -1.77. The van der Waals surface area contributed by atoms with E-state index >= 15 is 4.79 Å². The fraction of sp³-hybridized carbons (Fsp3) is 0.163. The molecule has 244 valence electrons. The number of hydrogen-bond donors (Lipinski definition) is 1. The summed E-state index contributed by atoms with van der Waals surface area (Å²) in [6.45, 7) is 2.31. The summed E-state index contributed by atoms with van der Waals surface area (Å²) in [5.41, 5.74) is 3.29. The van der Waals surface area contributed by atoms with E-state index in [0.29, 0.717) is 17.8 Å². The molecule has 1 heterocycles. The Balaban J connectivity index is 1.41. The van der Waals surface area contributed by atoms with Gasteiger partial charge in [0.15, 0.2) is 5.60 Å². The van der Waals surface area contributed by atoms with Crippen LogP contribution in [0.1, 0.15) is 40.8 Å². The van der Waals surface area contributed by atoms with Crippen molar-refractivity contribution in [3.63, 3.8) is 0 Å². The van der Waals surface area contributed by atoms with Gasteiger partial charge in [0, 0.05) is 5.56 Å².